The minimum Gasteiger partial charge on any atom is -0.392 e. The number of hydrogen-bond acceptors (Lipinski definition) is 8. The summed E-state index contributed by atoms with van der Waals surface area (Å²) in [6, 6.07) is 18.9. The van der Waals surface area contributed by atoms with Crippen molar-refractivity contribution >= 4 is 23.7 Å². The van der Waals surface area contributed by atoms with E-state index in [4.69, 9.17) is 10.5 Å². The van der Waals surface area contributed by atoms with Crippen molar-refractivity contribution in [3.8, 4) is 0 Å². The van der Waals surface area contributed by atoms with Crippen molar-refractivity contribution in [2.24, 2.45) is 5.73 Å². The largest absolute Gasteiger partial charge is 0.392 e. The van der Waals surface area contributed by atoms with Gasteiger partial charge in [0.2, 0.25) is 0 Å². The molecule has 2 aromatic carbocycles. The standard InChI is InChI=1S/C29H37N7O2S/c1-32-21-36-25(19-26(30)39-36)28(27(32)23-7-3-2-4-8-23)34-10-12-35(13-11-34)29(37)31-24-9-5-6-22(18-24)20-33-14-16-38-17-15-33/h2-9,18-19,27H,10-17,20-21,30H2,1H3,(H,31,37). The van der Waals surface area contributed by atoms with Crippen molar-refractivity contribution in [1.82, 2.24) is 23.9 Å². The third-order valence-corrected chi connectivity index (χ3v) is 8.65. The van der Waals surface area contributed by atoms with Crippen LogP contribution in [0.25, 0.3) is 0 Å². The van der Waals surface area contributed by atoms with Crippen molar-refractivity contribution < 1.29 is 9.53 Å². The van der Waals surface area contributed by atoms with Crippen LogP contribution in [0.4, 0.5) is 10.5 Å². The van der Waals surface area contributed by atoms with Gasteiger partial charge in [0, 0.05) is 63.4 Å². The van der Waals surface area contributed by atoms with Crippen LogP contribution in [0.5, 0.6) is 0 Å². The van der Waals surface area contributed by atoms with E-state index in [2.05, 4.69) is 79.9 Å². The van der Waals surface area contributed by atoms with Gasteiger partial charge < -0.3 is 25.6 Å². The number of piperazine rings is 1. The SMILES string of the molecule is CN1CN2SC(N)=CC2=C(N2CCN(C(=O)Nc3cccc(CN4CCOCC4)c3)CC2)C1c1ccccc1. The molecule has 2 fully saturated rings. The molecule has 4 heterocycles. The highest BCUT2D eigenvalue weighted by Crippen LogP contribution is 2.44. The third-order valence-electron chi connectivity index (χ3n) is 7.79. The van der Waals surface area contributed by atoms with Crippen molar-refractivity contribution in [2.75, 3.05) is 71.5 Å². The molecule has 0 aliphatic carbocycles. The van der Waals surface area contributed by atoms with E-state index in [1.807, 2.05) is 17.0 Å². The van der Waals surface area contributed by atoms with Crippen molar-refractivity contribution in [1.29, 1.82) is 0 Å². The summed E-state index contributed by atoms with van der Waals surface area (Å²) in [6.07, 6.45) is 2.10. The fraction of sp³-hybridized carbons (Fsp3) is 0.414. The summed E-state index contributed by atoms with van der Waals surface area (Å²) < 4.78 is 7.73. The smallest absolute Gasteiger partial charge is 0.321 e. The Balaban J connectivity index is 1.13. The molecule has 1 atom stereocenters. The molecular formula is C29H37N7O2S. The van der Waals surface area contributed by atoms with Gasteiger partial charge >= 0.3 is 6.03 Å². The van der Waals surface area contributed by atoms with Gasteiger partial charge in [0.25, 0.3) is 0 Å². The zero-order valence-corrected chi connectivity index (χ0v) is 23.3. The maximum absolute atomic E-state index is 13.2. The number of nitrogens with zero attached hydrogens (tertiary/aromatic N) is 5. The van der Waals surface area contributed by atoms with E-state index < -0.39 is 0 Å². The van der Waals surface area contributed by atoms with Crippen LogP contribution < -0.4 is 11.1 Å². The summed E-state index contributed by atoms with van der Waals surface area (Å²) in [5.74, 6) is 0. The zero-order chi connectivity index (χ0) is 26.8. The molecule has 4 aliphatic rings. The van der Waals surface area contributed by atoms with Crippen LogP contribution >= 0.6 is 11.9 Å². The predicted octanol–water partition coefficient (Wildman–Crippen LogP) is 3.29. The highest BCUT2D eigenvalue weighted by atomic mass is 32.2. The summed E-state index contributed by atoms with van der Waals surface area (Å²) in [5, 5.41) is 3.95. The summed E-state index contributed by atoms with van der Waals surface area (Å²) in [6.45, 7) is 7.98. The number of rotatable bonds is 5. The number of amides is 2. The highest BCUT2D eigenvalue weighted by Gasteiger charge is 2.39. The Hall–Kier alpha value is -3.18. The summed E-state index contributed by atoms with van der Waals surface area (Å²) in [5.41, 5.74) is 12.0. The monoisotopic (exact) mass is 547 g/mol. The third kappa shape index (κ3) is 5.74. The molecule has 206 valence electrons. The first-order valence-electron chi connectivity index (χ1n) is 13.7. The molecule has 4 aliphatic heterocycles. The van der Waals surface area contributed by atoms with Crippen LogP contribution in [0, 0.1) is 0 Å². The van der Waals surface area contributed by atoms with Crippen LogP contribution in [0.1, 0.15) is 17.2 Å². The molecule has 2 amide bonds. The topological polar surface area (TPSA) is 80.5 Å². The van der Waals surface area contributed by atoms with Gasteiger partial charge in [-0.2, -0.15) is 0 Å². The molecule has 0 saturated carbocycles. The Morgan fingerprint density at radius 2 is 1.79 bits per heavy atom. The van der Waals surface area contributed by atoms with Gasteiger partial charge in [0.05, 0.1) is 42.3 Å². The number of nitrogens with one attached hydrogen (secondary N) is 1. The lowest BCUT2D eigenvalue weighted by Gasteiger charge is -2.46. The number of fused-ring (bicyclic) bond motifs is 1. The quantitative estimate of drug-likeness (QED) is 0.553. The Kier molecular flexibility index (Phi) is 7.69. The van der Waals surface area contributed by atoms with E-state index in [1.54, 1.807) is 11.9 Å². The number of allylic oxidation sites excluding steroid dienone is 1. The van der Waals surface area contributed by atoms with E-state index >= 15 is 0 Å². The van der Waals surface area contributed by atoms with E-state index in [0.29, 0.717) is 13.1 Å². The van der Waals surface area contributed by atoms with Crippen LogP contribution in [0.2, 0.25) is 0 Å². The molecule has 9 nitrogen and oxygen atoms in total. The van der Waals surface area contributed by atoms with Gasteiger partial charge in [-0.1, -0.05) is 42.5 Å². The fourth-order valence-corrected chi connectivity index (χ4v) is 6.75. The molecular weight excluding hydrogens is 510 g/mol. The van der Waals surface area contributed by atoms with Crippen molar-refractivity contribution in [3.05, 3.63) is 88.2 Å². The van der Waals surface area contributed by atoms with Gasteiger partial charge in [0.1, 0.15) is 0 Å². The molecule has 10 heteroatoms. The number of nitrogens with two attached hydrogens (primary N) is 1. The van der Waals surface area contributed by atoms with Crippen molar-refractivity contribution in [3.63, 3.8) is 0 Å². The summed E-state index contributed by atoms with van der Waals surface area (Å²) >= 11 is 1.60. The number of urea groups is 1. The van der Waals surface area contributed by atoms with Gasteiger partial charge in [-0.3, -0.25) is 14.1 Å². The normalized spacial score (nSPS) is 22.6. The van der Waals surface area contributed by atoms with Crippen LogP contribution in [-0.4, -0.2) is 96.1 Å². The lowest BCUT2D eigenvalue weighted by Crippen LogP contribution is -2.53. The summed E-state index contributed by atoms with van der Waals surface area (Å²) in [7, 11) is 2.17. The minimum absolute atomic E-state index is 0.0432. The first-order chi connectivity index (χ1) is 19.0. The number of carbonyl (C=O) groups is 1. The Labute approximate surface area is 235 Å². The number of benzene rings is 2. The van der Waals surface area contributed by atoms with E-state index in [-0.39, 0.29) is 12.1 Å². The zero-order valence-electron chi connectivity index (χ0n) is 22.5. The van der Waals surface area contributed by atoms with E-state index in [1.165, 1.54) is 22.5 Å². The van der Waals surface area contributed by atoms with Crippen LogP contribution in [0.3, 0.4) is 0 Å². The number of anilines is 1. The average Bonchev–Trinajstić information content (AvgIpc) is 3.33. The molecule has 6 rings (SSSR count). The van der Waals surface area contributed by atoms with E-state index in [0.717, 1.165) is 63.3 Å². The van der Waals surface area contributed by atoms with Crippen molar-refractivity contribution in [2.45, 2.75) is 12.6 Å². The molecule has 3 N–H and O–H groups in total. The molecule has 0 spiro atoms. The lowest BCUT2D eigenvalue weighted by molar-refractivity contribution is 0.0342. The molecule has 2 aromatic rings. The number of hydrogen-bond donors (Lipinski definition) is 2. The Bertz CT molecular complexity index is 1240. The molecule has 0 bridgehead atoms. The average molecular weight is 548 g/mol. The van der Waals surface area contributed by atoms with Crippen LogP contribution in [0.15, 0.2) is 77.1 Å². The maximum atomic E-state index is 13.2. The molecule has 1 unspecified atom stereocenters. The number of carbonyl (C=O) groups excluding carboxylic acids is 1. The second-order valence-corrected chi connectivity index (χ2v) is 11.6. The van der Waals surface area contributed by atoms with Crippen LogP contribution in [-0.2, 0) is 11.3 Å². The Morgan fingerprint density at radius 3 is 2.56 bits per heavy atom. The molecule has 39 heavy (non-hydrogen) atoms. The molecule has 2 saturated heterocycles. The van der Waals surface area contributed by atoms with Gasteiger partial charge in [-0.25, -0.2) is 4.79 Å². The predicted molar refractivity (Wildman–Crippen MR) is 155 cm³/mol. The minimum atomic E-state index is -0.0432. The second kappa shape index (κ2) is 11.5. The molecule has 0 radical (unpaired) electrons. The maximum Gasteiger partial charge on any atom is 0.321 e. The molecule has 0 aromatic heterocycles. The Morgan fingerprint density at radius 1 is 1.03 bits per heavy atom. The van der Waals surface area contributed by atoms with Gasteiger partial charge in [-0.05, 0) is 36.4 Å². The first kappa shape index (κ1) is 26.1. The second-order valence-electron chi connectivity index (χ2n) is 10.5. The van der Waals surface area contributed by atoms with E-state index in [9.17, 15) is 4.79 Å². The highest BCUT2D eigenvalue weighted by molar-refractivity contribution is 8.01. The number of morpholine rings is 1. The number of likely N-dealkylation sites (N-methyl/N-ethyl adjacent to an activating group) is 1. The van der Waals surface area contributed by atoms with Gasteiger partial charge in [0.15, 0.2) is 0 Å². The first-order valence-corrected chi connectivity index (χ1v) is 14.4. The lowest BCUT2D eigenvalue weighted by atomic mass is 9.97. The van der Waals surface area contributed by atoms with Gasteiger partial charge in [-0.15, -0.1) is 0 Å². The fourth-order valence-electron chi connectivity index (χ4n) is 5.85. The summed E-state index contributed by atoms with van der Waals surface area (Å²) in [4.78, 5) is 22.3. The number of ether oxygens (including phenoxy) is 1.